The van der Waals surface area contributed by atoms with Crippen molar-refractivity contribution in [3.8, 4) is 5.75 Å². The number of non-ortho nitro benzene ring substituents is 1. The third-order valence-corrected chi connectivity index (χ3v) is 4.89. The average molecular weight is 381 g/mol. The number of benzene rings is 2. The van der Waals surface area contributed by atoms with Crippen molar-refractivity contribution in [3.63, 3.8) is 0 Å². The largest absolute Gasteiger partial charge is 0.495 e. The van der Waals surface area contributed by atoms with E-state index in [1.807, 2.05) is 13.0 Å². The monoisotopic (exact) mass is 380 g/mol. The maximum Gasteiger partial charge on any atom is 0.269 e. The molecule has 0 aliphatic carbocycles. The quantitative estimate of drug-likeness (QED) is 0.556. The van der Waals surface area contributed by atoms with Gasteiger partial charge in [0, 0.05) is 22.4 Å². The number of hydrogen-bond donors (Lipinski definition) is 1. The normalized spacial score (nSPS) is 11.6. The molecule has 2 aromatic rings. The number of thioether (sulfide) groups is 1. The highest BCUT2D eigenvalue weighted by molar-refractivity contribution is 8.00. The highest BCUT2D eigenvalue weighted by atomic mass is 35.5. The highest BCUT2D eigenvalue weighted by Gasteiger charge is 2.14. The molecule has 1 atom stereocenters. The molecule has 0 fully saturated rings. The van der Waals surface area contributed by atoms with Gasteiger partial charge in [0.2, 0.25) is 5.91 Å². The summed E-state index contributed by atoms with van der Waals surface area (Å²) >= 11 is 7.32. The van der Waals surface area contributed by atoms with Crippen molar-refractivity contribution >= 4 is 40.6 Å². The van der Waals surface area contributed by atoms with Crippen LogP contribution in [-0.2, 0) is 4.79 Å². The Hall–Kier alpha value is -2.25. The molecule has 0 saturated heterocycles. The van der Waals surface area contributed by atoms with Gasteiger partial charge in [-0.05, 0) is 30.7 Å². The number of halogens is 1. The minimum absolute atomic E-state index is 0.0399. The fourth-order valence-corrected chi connectivity index (χ4v) is 3.14. The number of carbonyl (C=O) groups is 1. The molecule has 2 rings (SSSR count). The molecular weight excluding hydrogens is 364 g/mol. The summed E-state index contributed by atoms with van der Waals surface area (Å²) in [6, 6.07) is 11.4. The lowest BCUT2D eigenvalue weighted by Gasteiger charge is -2.13. The summed E-state index contributed by atoms with van der Waals surface area (Å²) in [5, 5.41) is 14.0. The van der Waals surface area contributed by atoms with E-state index in [0.29, 0.717) is 16.5 Å². The molecule has 132 valence electrons. The zero-order valence-electron chi connectivity index (χ0n) is 13.7. The van der Waals surface area contributed by atoms with Gasteiger partial charge in [0.15, 0.2) is 0 Å². The first-order chi connectivity index (χ1) is 11.9. The van der Waals surface area contributed by atoms with Crippen LogP contribution in [-0.4, -0.2) is 23.7 Å². The first-order valence-electron chi connectivity index (χ1n) is 7.40. The minimum Gasteiger partial charge on any atom is -0.495 e. The molecule has 0 spiro atoms. The van der Waals surface area contributed by atoms with E-state index in [9.17, 15) is 14.9 Å². The maximum atomic E-state index is 12.2. The second-order valence-corrected chi connectivity index (χ2v) is 6.96. The Kier molecular flexibility index (Phi) is 6.66. The van der Waals surface area contributed by atoms with E-state index in [1.54, 1.807) is 24.3 Å². The SMILES string of the molecule is COc1ccc(Cl)cc1NC(=O)CS[C@@H](C)c1cccc([N+](=O)[O-])c1. The maximum absolute atomic E-state index is 12.2. The van der Waals surface area contributed by atoms with Crippen LogP contribution in [0.5, 0.6) is 5.75 Å². The number of methoxy groups -OCH3 is 1. The Balaban J connectivity index is 1.97. The number of rotatable bonds is 7. The van der Waals surface area contributed by atoms with E-state index < -0.39 is 4.92 Å². The molecular formula is C17H17ClN2O4S. The molecule has 0 saturated carbocycles. The molecule has 0 heterocycles. The Bertz CT molecular complexity index is 785. The third kappa shape index (κ3) is 5.37. The van der Waals surface area contributed by atoms with Gasteiger partial charge in [0.1, 0.15) is 5.75 Å². The van der Waals surface area contributed by atoms with E-state index in [1.165, 1.54) is 31.0 Å². The molecule has 0 radical (unpaired) electrons. The molecule has 6 nitrogen and oxygen atoms in total. The second kappa shape index (κ2) is 8.73. The lowest BCUT2D eigenvalue weighted by molar-refractivity contribution is -0.384. The number of anilines is 1. The number of hydrogen-bond acceptors (Lipinski definition) is 5. The Morgan fingerprint density at radius 2 is 2.12 bits per heavy atom. The first-order valence-corrected chi connectivity index (χ1v) is 8.82. The van der Waals surface area contributed by atoms with Crippen LogP contribution in [0.2, 0.25) is 5.02 Å². The molecule has 25 heavy (non-hydrogen) atoms. The van der Waals surface area contributed by atoms with E-state index in [-0.39, 0.29) is 22.6 Å². The number of nitro benzene ring substituents is 1. The van der Waals surface area contributed by atoms with Crippen LogP contribution >= 0.6 is 23.4 Å². The topological polar surface area (TPSA) is 81.5 Å². The molecule has 2 aromatic carbocycles. The second-order valence-electron chi connectivity index (χ2n) is 5.20. The summed E-state index contributed by atoms with van der Waals surface area (Å²) < 4.78 is 5.19. The number of nitro groups is 1. The van der Waals surface area contributed by atoms with Gasteiger partial charge in [-0.15, -0.1) is 11.8 Å². The van der Waals surface area contributed by atoms with E-state index in [2.05, 4.69) is 5.32 Å². The summed E-state index contributed by atoms with van der Waals surface area (Å²) in [5.74, 6) is 0.511. The summed E-state index contributed by atoms with van der Waals surface area (Å²) in [5.41, 5.74) is 1.34. The summed E-state index contributed by atoms with van der Waals surface area (Å²) in [4.78, 5) is 22.6. The van der Waals surface area contributed by atoms with Crippen molar-refractivity contribution in [2.24, 2.45) is 0 Å². The average Bonchev–Trinajstić information content (AvgIpc) is 2.60. The zero-order valence-corrected chi connectivity index (χ0v) is 15.3. The number of nitrogens with zero attached hydrogens (tertiary/aromatic N) is 1. The van der Waals surface area contributed by atoms with Gasteiger partial charge in [0.05, 0.1) is 23.5 Å². The number of amides is 1. The third-order valence-electron chi connectivity index (χ3n) is 3.45. The van der Waals surface area contributed by atoms with Crippen LogP contribution < -0.4 is 10.1 Å². The van der Waals surface area contributed by atoms with Crippen LogP contribution in [0, 0.1) is 10.1 Å². The van der Waals surface area contributed by atoms with E-state index in [4.69, 9.17) is 16.3 Å². The van der Waals surface area contributed by atoms with Crippen molar-refractivity contribution < 1.29 is 14.5 Å². The number of ether oxygens (including phenoxy) is 1. The molecule has 0 aliphatic heterocycles. The Morgan fingerprint density at radius 3 is 2.80 bits per heavy atom. The number of carbonyl (C=O) groups excluding carboxylic acids is 1. The van der Waals surface area contributed by atoms with Crippen molar-refractivity contribution in [2.45, 2.75) is 12.2 Å². The van der Waals surface area contributed by atoms with Crippen molar-refractivity contribution in [1.29, 1.82) is 0 Å². The number of nitrogens with one attached hydrogen (secondary N) is 1. The molecule has 0 aromatic heterocycles. The fraction of sp³-hybridized carbons (Fsp3) is 0.235. The lowest BCUT2D eigenvalue weighted by atomic mass is 10.1. The Morgan fingerprint density at radius 1 is 1.36 bits per heavy atom. The molecule has 0 aliphatic rings. The first kappa shape index (κ1) is 19.1. The Labute approximate surface area is 154 Å². The molecule has 8 heteroatoms. The zero-order chi connectivity index (χ0) is 18.4. The van der Waals surface area contributed by atoms with Gasteiger partial charge < -0.3 is 10.1 Å². The summed E-state index contributed by atoms with van der Waals surface area (Å²) in [7, 11) is 1.51. The van der Waals surface area contributed by atoms with Crippen molar-refractivity contribution in [2.75, 3.05) is 18.2 Å². The summed E-state index contributed by atoms with van der Waals surface area (Å²) in [6.45, 7) is 1.90. The molecule has 0 bridgehead atoms. The highest BCUT2D eigenvalue weighted by Crippen LogP contribution is 2.31. The van der Waals surface area contributed by atoms with E-state index in [0.717, 1.165) is 5.56 Å². The lowest BCUT2D eigenvalue weighted by Crippen LogP contribution is -2.15. The molecule has 1 N–H and O–H groups in total. The predicted octanol–water partition coefficient (Wildman–Crippen LogP) is 4.69. The van der Waals surface area contributed by atoms with Crippen LogP contribution in [0.3, 0.4) is 0 Å². The van der Waals surface area contributed by atoms with Gasteiger partial charge in [0.25, 0.3) is 5.69 Å². The van der Waals surface area contributed by atoms with Crippen LogP contribution in [0.1, 0.15) is 17.7 Å². The van der Waals surface area contributed by atoms with Crippen molar-refractivity contribution in [1.82, 2.24) is 0 Å². The summed E-state index contributed by atoms with van der Waals surface area (Å²) in [6.07, 6.45) is 0. The predicted molar refractivity (Wildman–Crippen MR) is 101 cm³/mol. The van der Waals surface area contributed by atoms with Gasteiger partial charge >= 0.3 is 0 Å². The van der Waals surface area contributed by atoms with Gasteiger partial charge in [-0.1, -0.05) is 23.7 Å². The molecule has 1 amide bonds. The molecule has 0 unspecified atom stereocenters. The van der Waals surface area contributed by atoms with Gasteiger partial charge in [-0.2, -0.15) is 0 Å². The fourth-order valence-electron chi connectivity index (χ4n) is 2.15. The van der Waals surface area contributed by atoms with Crippen LogP contribution in [0.25, 0.3) is 0 Å². The van der Waals surface area contributed by atoms with Crippen LogP contribution in [0.4, 0.5) is 11.4 Å². The smallest absolute Gasteiger partial charge is 0.269 e. The van der Waals surface area contributed by atoms with Crippen molar-refractivity contribution in [3.05, 3.63) is 63.2 Å². The standard InChI is InChI=1S/C17H17ClN2O4S/c1-11(12-4-3-5-14(8-12)20(22)23)25-10-17(21)19-15-9-13(18)6-7-16(15)24-2/h3-9,11H,10H2,1-2H3,(H,19,21)/t11-/m0/s1. The minimum atomic E-state index is -0.432. The van der Waals surface area contributed by atoms with E-state index >= 15 is 0 Å². The van der Waals surface area contributed by atoms with Crippen LogP contribution in [0.15, 0.2) is 42.5 Å². The van der Waals surface area contributed by atoms with Gasteiger partial charge in [-0.25, -0.2) is 0 Å². The van der Waals surface area contributed by atoms with Gasteiger partial charge in [-0.3, -0.25) is 14.9 Å².